The van der Waals surface area contributed by atoms with Gasteiger partial charge in [0.1, 0.15) is 5.75 Å². The van der Waals surface area contributed by atoms with E-state index in [1.807, 2.05) is 18.2 Å². The zero-order valence-electron chi connectivity index (χ0n) is 10.3. The first-order chi connectivity index (χ1) is 8.10. The highest BCUT2D eigenvalue weighted by Gasteiger charge is 2.14. The summed E-state index contributed by atoms with van der Waals surface area (Å²) in [4.78, 5) is 2.64. The molecule has 0 aliphatic heterocycles. The van der Waals surface area contributed by atoms with Gasteiger partial charge in [0, 0.05) is 10.5 Å². The van der Waals surface area contributed by atoms with Crippen LogP contribution in [-0.2, 0) is 0 Å². The Morgan fingerprint density at radius 1 is 1.47 bits per heavy atom. The Bertz CT molecular complexity index is 426. The lowest BCUT2D eigenvalue weighted by atomic mass is 9.98. The third-order valence-corrected chi connectivity index (χ3v) is 2.60. The first-order valence-corrected chi connectivity index (χ1v) is 5.47. The second-order valence-corrected chi connectivity index (χ2v) is 4.09. The largest absolute Gasteiger partial charge is 0.496 e. The molecular weight excluding hydrogens is 218 g/mol. The van der Waals surface area contributed by atoms with Crippen LogP contribution in [0.4, 0.5) is 0 Å². The summed E-state index contributed by atoms with van der Waals surface area (Å²) in [7, 11) is 1.55. The quantitative estimate of drug-likeness (QED) is 0.483. The molecule has 1 N–H and O–H groups in total. The fourth-order valence-corrected chi connectivity index (χ4v) is 1.58. The second-order valence-electron chi connectivity index (χ2n) is 4.09. The number of hydrogen-bond acceptors (Lipinski definition) is 3. The lowest BCUT2D eigenvalue weighted by Gasteiger charge is -2.15. The minimum Gasteiger partial charge on any atom is -0.496 e. The predicted molar refractivity (Wildman–Crippen MR) is 66.1 cm³/mol. The number of hydrogen-bond donors (Lipinski definition) is 1. The molecule has 5 nitrogen and oxygen atoms in total. The molecule has 0 saturated heterocycles. The maximum absolute atomic E-state index is 9.92. The van der Waals surface area contributed by atoms with Crippen LogP contribution in [0.15, 0.2) is 23.3 Å². The number of ether oxygens (including phenoxy) is 1. The van der Waals surface area contributed by atoms with E-state index in [-0.39, 0.29) is 6.54 Å². The van der Waals surface area contributed by atoms with Crippen LogP contribution in [0, 0.1) is 0 Å². The molecule has 0 aliphatic rings. The molecule has 0 amide bonds. The van der Waals surface area contributed by atoms with E-state index in [9.17, 15) is 5.11 Å². The molecule has 0 saturated carbocycles. The number of methoxy groups -OCH3 is 1. The molecule has 0 aromatic heterocycles. The minimum absolute atomic E-state index is 0.00834. The van der Waals surface area contributed by atoms with E-state index in [1.165, 1.54) is 0 Å². The van der Waals surface area contributed by atoms with Crippen molar-refractivity contribution >= 4 is 0 Å². The maximum Gasteiger partial charge on any atom is 0.124 e. The van der Waals surface area contributed by atoms with Gasteiger partial charge in [-0.25, -0.2) is 0 Å². The summed E-state index contributed by atoms with van der Waals surface area (Å²) < 4.78 is 5.19. The van der Waals surface area contributed by atoms with Gasteiger partial charge in [-0.05, 0) is 29.1 Å². The molecule has 1 aromatic rings. The molecule has 0 bridgehead atoms. The molecule has 0 heterocycles. The van der Waals surface area contributed by atoms with E-state index < -0.39 is 6.10 Å². The van der Waals surface area contributed by atoms with Gasteiger partial charge in [-0.1, -0.05) is 25.0 Å². The van der Waals surface area contributed by atoms with Crippen LogP contribution < -0.4 is 4.74 Å². The summed E-state index contributed by atoms with van der Waals surface area (Å²) >= 11 is 0. The van der Waals surface area contributed by atoms with E-state index in [1.54, 1.807) is 7.11 Å². The van der Waals surface area contributed by atoms with Gasteiger partial charge in [0.05, 0.1) is 19.8 Å². The van der Waals surface area contributed by atoms with Crippen molar-refractivity contribution in [3.05, 3.63) is 39.8 Å². The number of benzene rings is 1. The molecule has 1 unspecified atom stereocenters. The Morgan fingerprint density at radius 2 is 2.18 bits per heavy atom. The van der Waals surface area contributed by atoms with Crippen LogP contribution in [0.25, 0.3) is 10.4 Å². The first kappa shape index (κ1) is 13.4. The van der Waals surface area contributed by atoms with Gasteiger partial charge in [-0.15, -0.1) is 0 Å². The van der Waals surface area contributed by atoms with Crippen molar-refractivity contribution in [2.24, 2.45) is 5.11 Å². The topological polar surface area (TPSA) is 78.2 Å². The van der Waals surface area contributed by atoms with Gasteiger partial charge in [0.2, 0.25) is 0 Å². The van der Waals surface area contributed by atoms with Crippen LogP contribution >= 0.6 is 0 Å². The van der Waals surface area contributed by atoms with Gasteiger partial charge >= 0.3 is 0 Å². The number of azide groups is 1. The predicted octanol–water partition coefficient (Wildman–Crippen LogP) is 3.16. The van der Waals surface area contributed by atoms with Crippen LogP contribution in [0.5, 0.6) is 5.75 Å². The van der Waals surface area contributed by atoms with E-state index in [0.717, 1.165) is 5.56 Å². The molecule has 1 rings (SSSR count). The molecule has 0 fully saturated rings. The Morgan fingerprint density at radius 3 is 2.71 bits per heavy atom. The van der Waals surface area contributed by atoms with Gasteiger partial charge in [-0.2, -0.15) is 0 Å². The highest BCUT2D eigenvalue weighted by molar-refractivity contribution is 5.40. The summed E-state index contributed by atoms with van der Waals surface area (Å²) in [6.45, 7) is 4.16. The molecule has 0 radical (unpaired) electrons. The molecule has 5 heteroatoms. The number of nitrogens with zero attached hydrogens (tertiary/aromatic N) is 3. The minimum atomic E-state index is -0.834. The summed E-state index contributed by atoms with van der Waals surface area (Å²) in [6, 6.07) is 5.68. The van der Waals surface area contributed by atoms with Gasteiger partial charge in [0.15, 0.2) is 0 Å². The van der Waals surface area contributed by atoms with Crippen molar-refractivity contribution in [1.29, 1.82) is 0 Å². The van der Waals surface area contributed by atoms with Crippen molar-refractivity contribution in [2.45, 2.75) is 25.9 Å². The van der Waals surface area contributed by atoms with E-state index in [2.05, 4.69) is 23.9 Å². The van der Waals surface area contributed by atoms with Crippen LogP contribution in [0.2, 0.25) is 0 Å². The molecule has 17 heavy (non-hydrogen) atoms. The van der Waals surface area contributed by atoms with Crippen molar-refractivity contribution in [3.63, 3.8) is 0 Å². The summed E-state index contributed by atoms with van der Waals surface area (Å²) in [5.41, 5.74) is 10.0. The third-order valence-electron chi connectivity index (χ3n) is 2.60. The van der Waals surface area contributed by atoms with Crippen molar-refractivity contribution < 1.29 is 9.84 Å². The average Bonchev–Trinajstić information content (AvgIpc) is 2.34. The summed E-state index contributed by atoms with van der Waals surface area (Å²) in [5, 5.41) is 13.3. The summed E-state index contributed by atoms with van der Waals surface area (Å²) in [5.74, 6) is 0.973. The first-order valence-electron chi connectivity index (χ1n) is 5.47. The Kier molecular flexibility index (Phi) is 4.82. The SMILES string of the molecule is COc1ccc(C(C)C)cc1C(O)CN=[N+]=[N-]. The van der Waals surface area contributed by atoms with Crippen molar-refractivity contribution in [1.82, 2.24) is 0 Å². The molecule has 0 spiro atoms. The normalized spacial score (nSPS) is 12.1. The average molecular weight is 235 g/mol. The standard InChI is InChI=1S/C12H17N3O2/c1-8(2)9-4-5-12(17-3)10(6-9)11(16)7-14-15-13/h4-6,8,11,16H,7H2,1-3H3. The van der Waals surface area contributed by atoms with E-state index in [0.29, 0.717) is 17.2 Å². The van der Waals surface area contributed by atoms with Gasteiger partial charge in [0.25, 0.3) is 0 Å². The van der Waals surface area contributed by atoms with Gasteiger partial charge in [-0.3, -0.25) is 0 Å². The van der Waals surface area contributed by atoms with E-state index >= 15 is 0 Å². The smallest absolute Gasteiger partial charge is 0.124 e. The number of aliphatic hydroxyl groups excluding tert-OH is 1. The summed E-state index contributed by atoms with van der Waals surface area (Å²) in [6.07, 6.45) is -0.834. The molecule has 0 aliphatic carbocycles. The number of rotatable bonds is 5. The van der Waals surface area contributed by atoms with Gasteiger partial charge < -0.3 is 9.84 Å². The monoisotopic (exact) mass is 235 g/mol. The third kappa shape index (κ3) is 3.37. The Hall–Kier alpha value is -1.71. The Balaban J connectivity index is 3.08. The Labute approximate surface area is 101 Å². The fraction of sp³-hybridized carbons (Fsp3) is 0.500. The highest BCUT2D eigenvalue weighted by Crippen LogP contribution is 2.29. The molecule has 92 valence electrons. The zero-order valence-corrected chi connectivity index (χ0v) is 10.3. The van der Waals surface area contributed by atoms with Crippen LogP contribution in [-0.4, -0.2) is 18.8 Å². The van der Waals surface area contributed by atoms with Crippen LogP contribution in [0.1, 0.15) is 37.0 Å². The maximum atomic E-state index is 9.92. The lowest BCUT2D eigenvalue weighted by molar-refractivity contribution is 0.182. The van der Waals surface area contributed by atoms with Crippen molar-refractivity contribution in [3.8, 4) is 5.75 Å². The highest BCUT2D eigenvalue weighted by atomic mass is 16.5. The lowest BCUT2D eigenvalue weighted by Crippen LogP contribution is -2.05. The van der Waals surface area contributed by atoms with Crippen molar-refractivity contribution in [2.75, 3.05) is 13.7 Å². The molecular formula is C12H17N3O2. The van der Waals surface area contributed by atoms with Crippen LogP contribution in [0.3, 0.4) is 0 Å². The van der Waals surface area contributed by atoms with E-state index in [4.69, 9.17) is 10.3 Å². The molecule has 1 aromatic carbocycles. The molecule has 1 atom stereocenters. The fourth-order valence-electron chi connectivity index (χ4n) is 1.58. The zero-order chi connectivity index (χ0) is 12.8. The second kappa shape index (κ2) is 6.13. The number of aliphatic hydroxyl groups is 1.